The summed E-state index contributed by atoms with van der Waals surface area (Å²) in [6, 6.07) is 18.0. The summed E-state index contributed by atoms with van der Waals surface area (Å²) in [6.45, 7) is 11.7. The maximum atomic E-state index is 6.67. The fourth-order valence-electron chi connectivity index (χ4n) is 3.04. The largest absolute Gasteiger partial charge is 0.543 e. The molecule has 5 heteroatoms. The molecule has 30 heavy (non-hydrogen) atoms. The van der Waals surface area contributed by atoms with Gasteiger partial charge in [0.05, 0.1) is 19.6 Å². The van der Waals surface area contributed by atoms with Crippen molar-refractivity contribution in [2.24, 2.45) is 0 Å². The highest BCUT2D eigenvalue weighted by Gasteiger charge is 2.39. The molecule has 0 heterocycles. The van der Waals surface area contributed by atoms with E-state index in [0.717, 1.165) is 33.6 Å². The Morgan fingerprint density at radius 3 is 2.03 bits per heavy atom. The Morgan fingerprint density at radius 2 is 1.43 bits per heavy atom. The van der Waals surface area contributed by atoms with Gasteiger partial charge in [0.15, 0.2) is 0 Å². The van der Waals surface area contributed by atoms with Gasteiger partial charge in [0, 0.05) is 11.5 Å². The Kier molecular flexibility index (Phi) is 6.32. The molecule has 0 N–H and O–H groups in total. The predicted molar refractivity (Wildman–Crippen MR) is 126 cm³/mol. The van der Waals surface area contributed by atoms with E-state index in [1.807, 2.05) is 54.6 Å². The van der Waals surface area contributed by atoms with Crippen LogP contribution in [0.15, 0.2) is 54.6 Å². The summed E-state index contributed by atoms with van der Waals surface area (Å²) < 4.78 is 24.1. The standard InChI is InChI=1S/C25H32O4Si/c1-25(2,3)30(6,7)29-21-13-14-22(26-4)24-20(21)15-19(16-23(24)27-5)28-17-18-11-9-8-10-12-18/h8-16H,17H2,1-7H3. The Bertz CT molecular complexity index is 1010. The van der Waals surface area contributed by atoms with E-state index in [2.05, 4.69) is 33.9 Å². The van der Waals surface area contributed by atoms with Crippen LogP contribution in [0.5, 0.6) is 23.0 Å². The molecular formula is C25H32O4Si. The lowest BCUT2D eigenvalue weighted by molar-refractivity contribution is 0.304. The molecule has 0 atom stereocenters. The highest BCUT2D eigenvalue weighted by molar-refractivity contribution is 6.74. The number of ether oxygens (including phenoxy) is 3. The molecule has 0 fully saturated rings. The number of benzene rings is 3. The molecule has 0 radical (unpaired) electrons. The molecule has 0 amide bonds. The number of methoxy groups -OCH3 is 2. The molecule has 0 spiro atoms. The molecule has 4 nitrogen and oxygen atoms in total. The highest BCUT2D eigenvalue weighted by Crippen LogP contribution is 2.45. The van der Waals surface area contributed by atoms with Crippen molar-refractivity contribution >= 4 is 19.1 Å². The average molecular weight is 425 g/mol. The molecule has 0 saturated carbocycles. The van der Waals surface area contributed by atoms with Gasteiger partial charge in [-0.3, -0.25) is 0 Å². The second kappa shape index (κ2) is 8.60. The zero-order valence-electron chi connectivity index (χ0n) is 19.0. The molecule has 0 aliphatic heterocycles. The lowest BCUT2D eigenvalue weighted by atomic mass is 10.1. The van der Waals surface area contributed by atoms with Crippen molar-refractivity contribution in [2.45, 2.75) is 45.5 Å². The zero-order valence-corrected chi connectivity index (χ0v) is 20.0. The molecule has 3 aromatic rings. The van der Waals surface area contributed by atoms with Crippen LogP contribution in [0.2, 0.25) is 18.1 Å². The third-order valence-electron chi connectivity index (χ3n) is 5.83. The fraction of sp³-hybridized carbons (Fsp3) is 0.360. The summed E-state index contributed by atoms with van der Waals surface area (Å²) >= 11 is 0. The third kappa shape index (κ3) is 4.56. The van der Waals surface area contributed by atoms with E-state index in [-0.39, 0.29) is 5.04 Å². The molecule has 0 unspecified atom stereocenters. The van der Waals surface area contributed by atoms with Crippen LogP contribution in [-0.2, 0) is 6.61 Å². The summed E-state index contributed by atoms with van der Waals surface area (Å²) in [5, 5.41) is 1.91. The number of fused-ring (bicyclic) bond motifs is 1. The van der Waals surface area contributed by atoms with Crippen LogP contribution in [0.1, 0.15) is 26.3 Å². The third-order valence-corrected chi connectivity index (χ3v) is 10.2. The van der Waals surface area contributed by atoms with Gasteiger partial charge in [-0.2, -0.15) is 0 Å². The van der Waals surface area contributed by atoms with Crippen LogP contribution >= 0.6 is 0 Å². The smallest absolute Gasteiger partial charge is 0.250 e. The second-order valence-corrected chi connectivity index (χ2v) is 13.7. The Morgan fingerprint density at radius 1 is 0.800 bits per heavy atom. The highest BCUT2D eigenvalue weighted by atomic mass is 28.4. The van der Waals surface area contributed by atoms with E-state index in [0.29, 0.717) is 12.4 Å². The minimum absolute atomic E-state index is 0.0881. The summed E-state index contributed by atoms with van der Waals surface area (Å²) in [4.78, 5) is 0. The molecule has 3 rings (SSSR count). The first kappa shape index (κ1) is 22.0. The first-order chi connectivity index (χ1) is 14.2. The van der Waals surface area contributed by atoms with Crippen LogP contribution < -0.4 is 18.6 Å². The minimum Gasteiger partial charge on any atom is -0.543 e. The maximum absolute atomic E-state index is 6.67. The lowest BCUT2D eigenvalue weighted by Gasteiger charge is -2.37. The molecule has 0 bridgehead atoms. The van der Waals surface area contributed by atoms with Gasteiger partial charge in [-0.1, -0.05) is 51.1 Å². The first-order valence-corrected chi connectivity index (χ1v) is 13.1. The van der Waals surface area contributed by atoms with Crippen molar-refractivity contribution in [3.05, 3.63) is 60.2 Å². The number of hydrogen-bond acceptors (Lipinski definition) is 4. The molecule has 0 aromatic heterocycles. The van der Waals surface area contributed by atoms with Crippen LogP contribution in [0.3, 0.4) is 0 Å². The maximum Gasteiger partial charge on any atom is 0.250 e. The van der Waals surface area contributed by atoms with Crippen LogP contribution in [-0.4, -0.2) is 22.5 Å². The van der Waals surface area contributed by atoms with Crippen molar-refractivity contribution in [2.75, 3.05) is 14.2 Å². The summed E-state index contributed by atoms with van der Waals surface area (Å²) in [5.74, 6) is 3.02. The first-order valence-electron chi connectivity index (χ1n) is 10.2. The predicted octanol–water partition coefficient (Wildman–Crippen LogP) is 6.82. The van der Waals surface area contributed by atoms with E-state index < -0.39 is 8.32 Å². The quantitative estimate of drug-likeness (QED) is 0.390. The van der Waals surface area contributed by atoms with Gasteiger partial charge in [0.2, 0.25) is 0 Å². The lowest BCUT2D eigenvalue weighted by Crippen LogP contribution is -2.43. The van der Waals surface area contributed by atoms with Crippen molar-refractivity contribution in [1.29, 1.82) is 0 Å². The number of hydrogen-bond donors (Lipinski definition) is 0. The van der Waals surface area contributed by atoms with Crippen LogP contribution in [0, 0.1) is 0 Å². The van der Waals surface area contributed by atoms with Gasteiger partial charge >= 0.3 is 0 Å². The van der Waals surface area contributed by atoms with Crippen molar-refractivity contribution in [3.8, 4) is 23.0 Å². The zero-order chi connectivity index (χ0) is 21.9. The summed E-state index contributed by atoms with van der Waals surface area (Å²) in [5.41, 5.74) is 1.11. The van der Waals surface area contributed by atoms with Crippen molar-refractivity contribution in [1.82, 2.24) is 0 Å². The second-order valence-electron chi connectivity index (χ2n) is 8.95. The van der Waals surface area contributed by atoms with Crippen LogP contribution in [0.25, 0.3) is 10.8 Å². The number of rotatable bonds is 7. The normalized spacial score (nSPS) is 12.0. The Hall–Kier alpha value is -2.66. The monoisotopic (exact) mass is 424 g/mol. The summed E-state index contributed by atoms with van der Waals surface area (Å²) in [6.07, 6.45) is 0. The fourth-order valence-corrected chi connectivity index (χ4v) is 4.07. The Labute approximate surface area is 180 Å². The molecule has 0 aliphatic carbocycles. The van der Waals surface area contributed by atoms with Gasteiger partial charge < -0.3 is 18.6 Å². The van der Waals surface area contributed by atoms with Gasteiger partial charge in [-0.05, 0) is 41.9 Å². The average Bonchev–Trinajstić information content (AvgIpc) is 2.71. The van der Waals surface area contributed by atoms with E-state index in [1.54, 1.807) is 14.2 Å². The molecule has 160 valence electrons. The van der Waals surface area contributed by atoms with E-state index in [4.69, 9.17) is 18.6 Å². The molecule has 3 aromatic carbocycles. The SMILES string of the molecule is COc1ccc(O[Si](C)(C)C(C)(C)C)c2cc(OCc3ccccc3)cc(OC)c12. The van der Waals surface area contributed by atoms with E-state index >= 15 is 0 Å². The molecule has 0 aliphatic rings. The van der Waals surface area contributed by atoms with Crippen molar-refractivity contribution < 1.29 is 18.6 Å². The Balaban J connectivity index is 2.08. The van der Waals surface area contributed by atoms with Crippen LogP contribution in [0.4, 0.5) is 0 Å². The van der Waals surface area contributed by atoms with Gasteiger partial charge in [-0.15, -0.1) is 0 Å². The van der Waals surface area contributed by atoms with Gasteiger partial charge in [-0.25, -0.2) is 0 Å². The van der Waals surface area contributed by atoms with Gasteiger partial charge in [0.1, 0.15) is 29.6 Å². The molecule has 0 saturated heterocycles. The molecular weight excluding hydrogens is 392 g/mol. The minimum atomic E-state index is -2.03. The van der Waals surface area contributed by atoms with Crippen molar-refractivity contribution in [3.63, 3.8) is 0 Å². The van der Waals surface area contributed by atoms with E-state index in [9.17, 15) is 0 Å². The van der Waals surface area contributed by atoms with Gasteiger partial charge in [0.25, 0.3) is 8.32 Å². The van der Waals surface area contributed by atoms with E-state index in [1.165, 1.54) is 0 Å². The topological polar surface area (TPSA) is 36.9 Å². The summed E-state index contributed by atoms with van der Waals surface area (Å²) in [7, 11) is 1.30.